The number of aliphatic hydroxyl groups is 1. The van der Waals surface area contributed by atoms with Crippen LogP contribution in [0.15, 0.2) is 25.0 Å². The van der Waals surface area contributed by atoms with Gasteiger partial charge >= 0.3 is 0 Å². The van der Waals surface area contributed by atoms with Crippen molar-refractivity contribution >= 4 is 0 Å². The molecule has 0 aromatic heterocycles. The predicted octanol–water partition coefficient (Wildman–Crippen LogP) is 1.21. The van der Waals surface area contributed by atoms with Gasteiger partial charge in [-0.3, -0.25) is 0 Å². The Morgan fingerprint density at radius 2 is 2.19 bits per heavy atom. The van der Waals surface area contributed by atoms with Gasteiger partial charge < -0.3 is 19.3 Å². The zero-order valence-electron chi connectivity index (χ0n) is 9.68. The molecule has 4 atom stereocenters. The fourth-order valence-electron chi connectivity index (χ4n) is 2.16. The summed E-state index contributed by atoms with van der Waals surface area (Å²) in [4.78, 5) is 0. The van der Waals surface area contributed by atoms with E-state index in [1.165, 1.54) is 0 Å². The van der Waals surface area contributed by atoms with Crippen LogP contribution in [0.5, 0.6) is 0 Å². The Hall–Kier alpha value is -0.840. The minimum Gasteiger partial charge on any atom is -0.489 e. The van der Waals surface area contributed by atoms with E-state index in [0.29, 0.717) is 12.4 Å². The van der Waals surface area contributed by atoms with Crippen LogP contribution in [0.25, 0.3) is 0 Å². The van der Waals surface area contributed by atoms with Crippen LogP contribution in [0.2, 0.25) is 0 Å². The molecule has 0 amide bonds. The number of rotatable bonds is 2. The number of ether oxygens (including phenoxy) is 3. The maximum atomic E-state index is 10.1. The number of aliphatic hydroxyl groups excluding tert-OH is 1. The van der Waals surface area contributed by atoms with Crippen LogP contribution in [0, 0.1) is 5.92 Å². The van der Waals surface area contributed by atoms with Crippen LogP contribution in [0.3, 0.4) is 0 Å². The molecule has 4 nitrogen and oxygen atoms in total. The van der Waals surface area contributed by atoms with Crippen molar-refractivity contribution in [2.45, 2.75) is 37.9 Å². The molecule has 2 heterocycles. The normalized spacial score (nSPS) is 42.1. The van der Waals surface area contributed by atoms with Gasteiger partial charge in [0.05, 0.1) is 18.3 Å². The molecule has 0 saturated carbocycles. The molecule has 90 valence electrons. The zero-order valence-corrected chi connectivity index (χ0v) is 9.68. The zero-order chi connectivity index (χ0) is 11.9. The van der Waals surface area contributed by atoms with Crippen molar-refractivity contribution in [1.29, 1.82) is 0 Å². The van der Waals surface area contributed by atoms with Crippen LogP contribution in [-0.4, -0.2) is 35.8 Å². The number of hydrogen-bond donors (Lipinski definition) is 1. The summed E-state index contributed by atoms with van der Waals surface area (Å²) in [5.74, 6) is -0.292. The third-order valence-electron chi connectivity index (χ3n) is 3.01. The van der Waals surface area contributed by atoms with Gasteiger partial charge in [0.25, 0.3) is 0 Å². The van der Waals surface area contributed by atoms with Gasteiger partial charge in [0.15, 0.2) is 11.9 Å². The molecule has 4 heteroatoms. The molecule has 16 heavy (non-hydrogen) atoms. The Morgan fingerprint density at radius 3 is 2.62 bits per heavy atom. The molecule has 0 radical (unpaired) electrons. The Kier molecular flexibility index (Phi) is 2.82. The van der Waals surface area contributed by atoms with Gasteiger partial charge in [0, 0.05) is 0 Å². The van der Waals surface area contributed by atoms with Gasteiger partial charge in [-0.25, -0.2) is 0 Å². The summed E-state index contributed by atoms with van der Waals surface area (Å²) in [6.45, 7) is 11.5. The first-order valence-corrected chi connectivity index (χ1v) is 5.42. The minimum atomic E-state index is -0.660. The summed E-state index contributed by atoms with van der Waals surface area (Å²) in [7, 11) is 0. The fraction of sp³-hybridized carbons (Fsp3) is 0.667. The van der Waals surface area contributed by atoms with E-state index in [1.807, 2.05) is 13.8 Å². The van der Waals surface area contributed by atoms with Gasteiger partial charge in [0.1, 0.15) is 12.2 Å². The highest BCUT2D eigenvalue weighted by Gasteiger charge is 2.47. The highest BCUT2D eigenvalue weighted by Crippen LogP contribution is 2.36. The summed E-state index contributed by atoms with van der Waals surface area (Å²) >= 11 is 0. The van der Waals surface area contributed by atoms with Crippen molar-refractivity contribution < 1.29 is 19.3 Å². The average molecular weight is 226 g/mol. The quantitative estimate of drug-likeness (QED) is 0.719. The topological polar surface area (TPSA) is 47.9 Å². The lowest BCUT2D eigenvalue weighted by Crippen LogP contribution is -2.38. The first-order chi connectivity index (χ1) is 7.44. The van der Waals surface area contributed by atoms with Crippen molar-refractivity contribution in [3.63, 3.8) is 0 Å². The highest BCUT2D eigenvalue weighted by atomic mass is 16.8. The van der Waals surface area contributed by atoms with Crippen LogP contribution < -0.4 is 0 Å². The molecule has 0 aromatic rings. The van der Waals surface area contributed by atoms with Gasteiger partial charge in [-0.05, 0) is 13.8 Å². The third kappa shape index (κ3) is 1.88. The average Bonchev–Trinajstić information content (AvgIpc) is 2.68. The van der Waals surface area contributed by atoms with E-state index >= 15 is 0 Å². The molecule has 2 aliphatic rings. The van der Waals surface area contributed by atoms with Crippen molar-refractivity contribution in [3.05, 3.63) is 25.0 Å². The van der Waals surface area contributed by atoms with E-state index < -0.39 is 18.0 Å². The molecule has 0 aliphatic carbocycles. The largest absolute Gasteiger partial charge is 0.489 e. The molecular weight excluding hydrogens is 208 g/mol. The van der Waals surface area contributed by atoms with E-state index in [2.05, 4.69) is 13.2 Å². The first kappa shape index (κ1) is 11.6. The highest BCUT2D eigenvalue weighted by molar-refractivity contribution is 5.13. The third-order valence-corrected chi connectivity index (χ3v) is 3.01. The second-order valence-corrected chi connectivity index (χ2v) is 4.67. The first-order valence-electron chi connectivity index (χ1n) is 5.42. The lowest BCUT2D eigenvalue weighted by Gasteiger charge is -2.22. The van der Waals surface area contributed by atoms with E-state index in [0.717, 1.165) is 0 Å². The summed E-state index contributed by atoms with van der Waals surface area (Å²) < 4.78 is 16.6. The van der Waals surface area contributed by atoms with E-state index in [4.69, 9.17) is 14.2 Å². The predicted molar refractivity (Wildman–Crippen MR) is 58.6 cm³/mol. The second-order valence-electron chi connectivity index (χ2n) is 4.67. The molecular formula is C12H18O4. The SMILES string of the molecule is C=C[C@H]1C(=C)O[C@H]([C@H]2COC(C)(C)O2)[C@@H]1O. The lowest BCUT2D eigenvalue weighted by molar-refractivity contribution is -0.156. The summed E-state index contributed by atoms with van der Waals surface area (Å²) in [6, 6.07) is 0. The van der Waals surface area contributed by atoms with Gasteiger partial charge in [-0.1, -0.05) is 12.7 Å². The smallest absolute Gasteiger partial charge is 0.163 e. The Balaban J connectivity index is 2.07. The molecule has 2 fully saturated rings. The standard InChI is InChI=1S/C12H18O4/c1-5-8-7(2)15-11(10(8)13)9-6-14-12(3,4)16-9/h5,8-11,13H,1-2,6H2,3-4H3/t8-,9+,10+,11+/m0/s1. The van der Waals surface area contributed by atoms with E-state index in [9.17, 15) is 5.11 Å². The molecule has 0 spiro atoms. The summed E-state index contributed by atoms with van der Waals surface area (Å²) in [5, 5.41) is 10.1. The fourth-order valence-corrected chi connectivity index (χ4v) is 2.16. The van der Waals surface area contributed by atoms with Crippen LogP contribution in [-0.2, 0) is 14.2 Å². The van der Waals surface area contributed by atoms with E-state index in [1.54, 1.807) is 6.08 Å². The van der Waals surface area contributed by atoms with Crippen molar-refractivity contribution in [2.75, 3.05) is 6.61 Å². The van der Waals surface area contributed by atoms with Crippen LogP contribution >= 0.6 is 0 Å². The maximum absolute atomic E-state index is 10.1. The van der Waals surface area contributed by atoms with E-state index in [-0.39, 0.29) is 12.0 Å². The minimum absolute atomic E-state index is 0.225. The van der Waals surface area contributed by atoms with Crippen molar-refractivity contribution in [2.24, 2.45) is 5.92 Å². The monoisotopic (exact) mass is 226 g/mol. The Morgan fingerprint density at radius 1 is 1.50 bits per heavy atom. The number of hydrogen-bond acceptors (Lipinski definition) is 4. The summed E-state index contributed by atoms with van der Waals surface area (Å²) in [6.07, 6.45) is 0.310. The lowest BCUT2D eigenvalue weighted by atomic mass is 9.97. The molecule has 2 saturated heterocycles. The molecule has 0 bridgehead atoms. The second kappa shape index (κ2) is 3.87. The Labute approximate surface area is 95.5 Å². The summed E-state index contributed by atoms with van der Waals surface area (Å²) in [5.41, 5.74) is 0. The molecule has 0 unspecified atom stereocenters. The molecule has 0 aromatic carbocycles. The van der Waals surface area contributed by atoms with Crippen LogP contribution in [0.4, 0.5) is 0 Å². The molecule has 2 rings (SSSR count). The van der Waals surface area contributed by atoms with Gasteiger partial charge in [-0.2, -0.15) is 0 Å². The molecule has 1 N–H and O–H groups in total. The van der Waals surface area contributed by atoms with Gasteiger partial charge in [-0.15, -0.1) is 6.58 Å². The van der Waals surface area contributed by atoms with Crippen molar-refractivity contribution in [1.82, 2.24) is 0 Å². The van der Waals surface area contributed by atoms with Gasteiger partial charge in [0.2, 0.25) is 0 Å². The van der Waals surface area contributed by atoms with Crippen molar-refractivity contribution in [3.8, 4) is 0 Å². The molecule has 2 aliphatic heterocycles. The Bertz CT molecular complexity index is 310. The van der Waals surface area contributed by atoms with Crippen LogP contribution in [0.1, 0.15) is 13.8 Å². The maximum Gasteiger partial charge on any atom is 0.163 e.